The van der Waals surface area contributed by atoms with Crippen LogP contribution in [0.25, 0.3) is 0 Å². The van der Waals surface area contributed by atoms with Crippen molar-refractivity contribution in [1.29, 1.82) is 0 Å². The second kappa shape index (κ2) is 4.35. The van der Waals surface area contributed by atoms with E-state index in [1.807, 2.05) is 13.8 Å². The van der Waals surface area contributed by atoms with E-state index in [2.05, 4.69) is 10.3 Å². The first-order chi connectivity index (χ1) is 6.94. The van der Waals surface area contributed by atoms with Crippen LogP contribution < -0.4 is 16.8 Å². The molecule has 0 aliphatic rings. The molecule has 0 atom stereocenters. The topological polar surface area (TPSA) is 97.2 Å². The maximum absolute atomic E-state index is 8.87. The summed E-state index contributed by atoms with van der Waals surface area (Å²) in [6.07, 6.45) is 0.638. The average Bonchev–Trinajstić information content (AvgIpc) is 2.10. The number of nitrogens with zero attached hydrogens (tertiary/aromatic N) is 1. The van der Waals surface area contributed by atoms with Gasteiger partial charge in [-0.25, -0.2) is 4.98 Å². The van der Waals surface area contributed by atoms with Gasteiger partial charge in [0.15, 0.2) is 0 Å². The number of nitrogens with one attached hydrogen (secondary N) is 1. The van der Waals surface area contributed by atoms with Crippen molar-refractivity contribution in [3.05, 3.63) is 12.1 Å². The smallest absolute Gasteiger partial charge is 0.149 e. The van der Waals surface area contributed by atoms with Gasteiger partial charge in [0, 0.05) is 12.1 Å². The van der Waals surface area contributed by atoms with E-state index in [4.69, 9.17) is 16.6 Å². The molecule has 1 heterocycles. The van der Waals surface area contributed by atoms with Crippen LogP contribution in [0.4, 0.5) is 17.3 Å². The summed E-state index contributed by atoms with van der Waals surface area (Å²) < 4.78 is 0. The molecule has 0 saturated heterocycles. The maximum Gasteiger partial charge on any atom is 0.149 e. The summed E-state index contributed by atoms with van der Waals surface area (Å²) >= 11 is 0. The zero-order valence-corrected chi connectivity index (χ0v) is 9.12. The second-order valence-corrected chi connectivity index (χ2v) is 4.15. The largest absolute Gasteiger partial charge is 0.396 e. The van der Waals surface area contributed by atoms with Crippen LogP contribution in [-0.2, 0) is 0 Å². The molecule has 0 radical (unpaired) electrons. The minimum atomic E-state index is -0.218. The fourth-order valence-electron chi connectivity index (χ4n) is 1.24. The molecule has 0 aliphatic heterocycles. The molecule has 5 heteroatoms. The Balaban J connectivity index is 2.76. The number of hydrogen-bond acceptors (Lipinski definition) is 5. The van der Waals surface area contributed by atoms with Crippen molar-refractivity contribution < 1.29 is 5.11 Å². The van der Waals surface area contributed by atoms with Crippen molar-refractivity contribution in [2.45, 2.75) is 25.8 Å². The fraction of sp³-hybridized carbons (Fsp3) is 0.500. The van der Waals surface area contributed by atoms with Gasteiger partial charge in [-0.1, -0.05) is 0 Å². The quantitative estimate of drug-likeness (QED) is 0.590. The molecular weight excluding hydrogens is 192 g/mol. The number of pyridine rings is 1. The number of aliphatic hydroxyl groups excluding tert-OH is 1. The van der Waals surface area contributed by atoms with E-state index in [0.717, 1.165) is 0 Å². The van der Waals surface area contributed by atoms with Gasteiger partial charge in [0.2, 0.25) is 0 Å². The lowest BCUT2D eigenvalue weighted by atomic mass is 10.0. The molecule has 0 unspecified atom stereocenters. The Kier molecular flexibility index (Phi) is 3.36. The van der Waals surface area contributed by atoms with Crippen LogP contribution in [0.3, 0.4) is 0 Å². The number of aliphatic hydroxyl groups is 1. The summed E-state index contributed by atoms with van der Waals surface area (Å²) in [7, 11) is 0. The van der Waals surface area contributed by atoms with Gasteiger partial charge in [-0.15, -0.1) is 0 Å². The Labute approximate surface area is 89.5 Å². The van der Waals surface area contributed by atoms with E-state index in [9.17, 15) is 0 Å². The molecule has 84 valence electrons. The van der Waals surface area contributed by atoms with Crippen molar-refractivity contribution in [2.24, 2.45) is 0 Å². The van der Waals surface area contributed by atoms with Gasteiger partial charge in [-0.2, -0.15) is 0 Å². The summed E-state index contributed by atoms with van der Waals surface area (Å²) in [6, 6.07) is 3.48. The number of anilines is 3. The fourth-order valence-corrected chi connectivity index (χ4v) is 1.24. The molecule has 0 aliphatic carbocycles. The number of nitrogens with two attached hydrogens (primary N) is 2. The standard InChI is InChI=1S/C10H18N4O/c1-10(2,5-6-15)14-8-4-3-7(11)9(12)13-8/h3-4,15H,5-6,11H2,1-2H3,(H3,12,13,14). The summed E-state index contributed by atoms with van der Waals surface area (Å²) in [5.74, 6) is 0.986. The summed E-state index contributed by atoms with van der Waals surface area (Å²) in [5, 5.41) is 12.1. The van der Waals surface area contributed by atoms with Crippen LogP contribution in [0.1, 0.15) is 20.3 Å². The lowest BCUT2D eigenvalue weighted by Gasteiger charge is -2.26. The lowest BCUT2D eigenvalue weighted by Crippen LogP contribution is -2.32. The highest BCUT2D eigenvalue weighted by Gasteiger charge is 2.17. The van der Waals surface area contributed by atoms with Crippen molar-refractivity contribution in [3.63, 3.8) is 0 Å². The number of aromatic nitrogens is 1. The lowest BCUT2D eigenvalue weighted by molar-refractivity contribution is 0.260. The molecule has 0 fully saturated rings. The third-order valence-corrected chi connectivity index (χ3v) is 2.16. The SMILES string of the molecule is CC(C)(CCO)Nc1ccc(N)c(N)n1. The van der Waals surface area contributed by atoms with Gasteiger partial charge in [-0.3, -0.25) is 0 Å². The van der Waals surface area contributed by atoms with Crippen LogP contribution in [0, 0.1) is 0 Å². The van der Waals surface area contributed by atoms with Crippen LogP contribution in [0.5, 0.6) is 0 Å². The first kappa shape index (κ1) is 11.6. The van der Waals surface area contributed by atoms with Gasteiger partial charge >= 0.3 is 0 Å². The van der Waals surface area contributed by atoms with Gasteiger partial charge in [0.1, 0.15) is 11.6 Å². The summed E-state index contributed by atoms with van der Waals surface area (Å²) in [5.41, 5.74) is 11.4. The first-order valence-electron chi connectivity index (χ1n) is 4.86. The Morgan fingerprint density at radius 3 is 2.60 bits per heavy atom. The van der Waals surface area contributed by atoms with Crippen molar-refractivity contribution in [2.75, 3.05) is 23.4 Å². The highest BCUT2D eigenvalue weighted by atomic mass is 16.3. The molecule has 15 heavy (non-hydrogen) atoms. The molecule has 0 aromatic carbocycles. The highest BCUT2D eigenvalue weighted by Crippen LogP contribution is 2.19. The second-order valence-electron chi connectivity index (χ2n) is 4.15. The number of rotatable bonds is 4. The molecule has 1 rings (SSSR count). The first-order valence-corrected chi connectivity index (χ1v) is 4.86. The Hall–Kier alpha value is -1.49. The Bertz CT molecular complexity index is 338. The molecule has 5 nitrogen and oxygen atoms in total. The Morgan fingerprint density at radius 2 is 2.07 bits per heavy atom. The highest BCUT2D eigenvalue weighted by molar-refractivity contribution is 5.61. The van der Waals surface area contributed by atoms with Gasteiger partial charge in [0.05, 0.1) is 5.69 Å². The van der Waals surface area contributed by atoms with E-state index >= 15 is 0 Å². The van der Waals surface area contributed by atoms with Crippen LogP contribution in [0.15, 0.2) is 12.1 Å². The monoisotopic (exact) mass is 210 g/mol. The van der Waals surface area contributed by atoms with E-state index in [1.54, 1.807) is 12.1 Å². The summed E-state index contributed by atoms with van der Waals surface area (Å²) in [6.45, 7) is 4.10. The maximum atomic E-state index is 8.87. The zero-order valence-electron chi connectivity index (χ0n) is 9.12. The third-order valence-electron chi connectivity index (χ3n) is 2.16. The Morgan fingerprint density at radius 1 is 1.40 bits per heavy atom. The molecule has 1 aromatic rings. The normalized spacial score (nSPS) is 11.4. The van der Waals surface area contributed by atoms with E-state index in [0.29, 0.717) is 23.7 Å². The van der Waals surface area contributed by atoms with E-state index in [-0.39, 0.29) is 12.1 Å². The number of hydrogen-bond donors (Lipinski definition) is 4. The zero-order chi connectivity index (χ0) is 11.5. The van der Waals surface area contributed by atoms with E-state index < -0.39 is 0 Å². The predicted octanol–water partition coefficient (Wildman–Crippen LogP) is 0.819. The van der Waals surface area contributed by atoms with Crippen LogP contribution in [-0.4, -0.2) is 22.2 Å². The summed E-state index contributed by atoms with van der Waals surface area (Å²) in [4.78, 5) is 4.10. The molecule has 0 saturated carbocycles. The van der Waals surface area contributed by atoms with Crippen LogP contribution >= 0.6 is 0 Å². The molecule has 6 N–H and O–H groups in total. The van der Waals surface area contributed by atoms with Crippen molar-refractivity contribution in [3.8, 4) is 0 Å². The molecule has 1 aromatic heterocycles. The minimum Gasteiger partial charge on any atom is -0.396 e. The molecule has 0 bridgehead atoms. The van der Waals surface area contributed by atoms with Gasteiger partial charge in [0.25, 0.3) is 0 Å². The third kappa shape index (κ3) is 3.28. The number of nitrogen functional groups attached to an aromatic ring is 2. The van der Waals surface area contributed by atoms with Crippen LogP contribution in [0.2, 0.25) is 0 Å². The van der Waals surface area contributed by atoms with Gasteiger partial charge in [-0.05, 0) is 32.4 Å². The molecular formula is C10H18N4O. The average molecular weight is 210 g/mol. The minimum absolute atomic E-state index is 0.129. The molecule has 0 amide bonds. The van der Waals surface area contributed by atoms with Crippen molar-refractivity contribution >= 4 is 17.3 Å². The van der Waals surface area contributed by atoms with Gasteiger partial charge < -0.3 is 21.9 Å². The molecule has 0 spiro atoms. The predicted molar refractivity (Wildman–Crippen MR) is 62.5 cm³/mol. The van der Waals surface area contributed by atoms with E-state index in [1.165, 1.54) is 0 Å². The van der Waals surface area contributed by atoms with Crippen molar-refractivity contribution in [1.82, 2.24) is 4.98 Å².